The summed E-state index contributed by atoms with van der Waals surface area (Å²) in [4.78, 5) is 0. The first-order chi connectivity index (χ1) is 8.08. The van der Waals surface area contributed by atoms with Crippen molar-refractivity contribution in [1.29, 1.82) is 0 Å². The number of anilines is 1. The molecule has 0 spiro atoms. The van der Waals surface area contributed by atoms with Crippen molar-refractivity contribution in [2.45, 2.75) is 33.2 Å². The van der Waals surface area contributed by atoms with Gasteiger partial charge in [0.1, 0.15) is 0 Å². The van der Waals surface area contributed by atoms with E-state index < -0.39 is 0 Å². The highest BCUT2D eigenvalue weighted by Gasteiger charge is 2.05. The second-order valence-corrected chi connectivity index (χ2v) is 4.61. The van der Waals surface area contributed by atoms with Gasteiger partial charge in [0.25, 0.3) is 0 Å². The molecule has 0 amide bonds. The highest BCUT2D eigenvalue weighted by Crippen LogP contribution is 2.15. The number of hydrogen-bond acceptors (Lipinski definition) is 3. The molecule has 2 rings (SSSR count). The Kier molecular flexibility index (Phi) is 3.13. The number of benzene rings is 1. The van der Waals surface area contributed by atoms with Crippen LogP contribution in [-0.2, 0) is 6.54 Å². The predicted molar refractivity (Wildman–Crippen MR) is 68.8 cm³/mol. The fourth-order valence-electron chi connectivity index (χ4n) is 1.70. The fraction of sp³-hybridized carbons (Fsp3) is 0.385. The van der Waals surface area contributed by atoms with Crippen molar-refractivity contribution in [3.63, 3.8) is 0 Å². The Morgan fingerprint density at radius 3 is 2.35 bits per heavy atom. The molecule has 2 aromatic rings. The van der Waals surface area contributed by atoms with Gasteiger partial charge < -0.3 is 5.73 Å². The van der Waals surface area contributed by atoms with Crippen molar-refractivity contribution < 1.29 is 0 Å². The minimum atomic E-state index is 0.504. The standard InChI is InChI=1S/C13H18N4/c1-9(2)12-6-4-11(5-7-12)8-17-10(3)13(14)15-16-17/h4-7,9H,8,14H2,1-3H3. The Balaban J connectivity index is 2.17. The quantitative estimate of drug-likeness (QED) is 0.880. The SMILES string of the molecule is Cc1c(N)nnn1Cc1ccc(C(C)C)cc1. The Morgan fingerprint density at radius 2 is 1.88 bits per heavy atom. The summed E-state index contributed by atoms with van der Waals surface area (Å²) in [5, 5.41) is 7.86. The van der Waals surface area contributed by atoms with E-state index in [4.69, 9.17) is 5.73 Å². The molecule has 0 fully saturated rings. The summed E-state index contributed by atoms with van der Waals surface area (Å²) >= 11 is 0. The second-order valence-electron chi connectivity index (χ2n) is 4.61. The molecule has 90 valence electrons. The molecule has 0 aliphatic rings. The molecule has 0 aliphatic carbocycles. The van der Waals surface area contributed by atoms with Crippen LogP contribution in [-0.4, -0.2) is 15.0 Å². The molecule has 4 heteroatoms. The van der Waals surface area contributed by atoms with Crippen LogP contribution in [0.3, 0.4) is 0 Å². The summed E-state index contributed by atoms with van der Waals surface area (Å²) < 4.78 is 1.82. The lowest BCUT2D eigenvalue weighted by Gasteiger charge is -2.07. The van der Waals surface area contributed by atoms with Crippen LogP contribution >= 0.6 is 0 Å². The lowest BCUT2D eigenvalue weighted by Crippen LogP contribution is -2.04. The predicted octanol–water partition coefficient (Wildman–Crippen LogP) is 2.34. The summed E-state index contributed by atoms with van der Waals surface area (Å²) in [6.07, 6.45) is 0. The monoisotopic (exact) mass is 230 g/mol. The Labute approximate surface area is 101 Å². The topological polar surface area (TPSA) is 56.7 Å². The van der Waals surface area contributed by atoms with E-state index in [1.807, 2.05) is 11.6 Å². The number of nitrogen functional groups attached to an aromatic ring is 1. The molecule has 1 heterocycles. The van der Waals surface area contributed by atoms with Crippen LogP contribution in [0.4, 0.5) is 5.82 Å². The van der Waals surface area contributed by atoms with E-state index in [-0.39, 0.29) is 0 Å². The van der Waals surface area contributed by atoms with Gasteiger partial charge in [-0.15, -0.1) is 5.10 Å². The molecule has 0 radical (unpaired) electrons. The number of nitrogens with zero attached hydrogens (tertiary/aromatic N) is 3. The van der Waals surface area contributed by atoms with Crippen molar-refractivity contribution in [2.75, 3.05) is 5.73 Å². The summed E-state index contributed by atoms with van der Waals surface area (Å²) in [7, 11) is 0. The van der Waals surface area contributed by atoms with E-state index in [9.17, 15) is 0 Å². The minimum absolute atomic E-state index is 0.504. The average Bonchev–Trinajstić information content (AvgIpc) is 2.62. The highest BCUT2D eigenvalue weighted by atomic mass is 15.4. The van der Waals surface area contributed by atoms with Crippen LogP contribution < -0.4 is 5.73 Å². The molecule has 0 bridgehead atoms. The normalized spacial score (nSPS) is 11.1. The molecular formula is C13H18N4. The summed E-state index contributed by atoms with van der Waals surface area (Å²) in [5.41, 5.74) is 9.14. The van der Waals surface area contributed by atoms with Crippen LogP contribution in [0.2, 0.25) is 0 Å². The van der Waals surface area contributed by atoms with Gasteiger partial charge in [-0.25, -0.2) is 4.68 Å². The number of hydrogen-bond donors (Lipinski definition) is 1. The number of nitrogens with two attached hydrogens (primary N) is 1. The van der Waals surface area contributed by atoms with Gasteiger partial charge in [-0.2, -0.15) is 0 Å². The van der Waals surface area contributed by atoms with Crippen LogP contribution in [0, 0.1) is 6.92 Å². The molecule has 4 nitrogen and oxygen atoms in total. The van der Waals surface area contributed by atoms with E-state index in [0.29, 0.717) is 18.3 Å². The number of rotatable bonds is 3. The third kappa shape index (κ3) is 2.46. The second kappa shape index (κ2) is 4.57. The Bertz CT molecular complexity index is 497. The van der Waals surface area contributed by atoms with E-state index >= 15 is 0 Å². The zero-order valence-corrected chi connectivity index (χ0v) is 10.5. The van der Waals surface area contributed by atoms with Gasteiger partial charge >= 0.3 is 0 Å². The van der Waals surface area contributed by atoms with E-state index in [2.05, 4.69) is 48.4 Å². The van der Waals surface area contributed by atoms with Gasteiger partial charge in [-0.1, -0.05) is 43.3 Å². The maximum atomic E-state index is 5.66. The van der Waals surface area contributed by atoms with Gasteiger partial charge in [-0.05, 0) is 24.0 Å². The maximum Gasteiger partial charge on any atom is 0.168 e. The largest absolute Gasteiger partial charge is 0.381 e. The Morgan fingerprint density at radius 1 is 1.24 bits per heavy atom. The molecule has 1 aromatic carbocycles. The van der Waals surface area contributed by atoms with Gasteiger partial charge in [0.2, 0.25) is 0 Å². The van der Waals surface area contributed by atoms with E-state index in [1.165, 1.54) is 11.1 Å². The van der Waals surface area contributed by atoms with Gasteiger partial charge in [-0.3, -0.25) is 0 Å². The van der Waals surface area contributed by atoms with Crippen molar-refractivity contribution in [1.82, 2.24) is 15.0 Å². The van der Waals surface area contributed by atoms with Crippen molar-refractivity contribution in [2.24, 2.45) is 0 Å². The van der Waals surface area contributed by atoms with Crippen LogP contribution in [0.15, 0.2) is 24.3 Å². The van der Waals surface area contributed by atoms with E-state index in [1.54, 1.807) is 0 Å². The van der Waals surface area contributed by atoms with E-state index in [0.717, 1.165) is 5.69 Å². The first-order valence-electron chi connectivity index (χ1n) is 5.82. The summed E-state index contributed by atoms with van der Waals surface area (Å²) in [6.45, 7) is 7.03. The van der Waals surface area contributed by atoms with Gasteiger partial charge in [0, 0.05) is 0 Å². The first-order valence-corrected chi connectivity index (χ1v) is 5.82. The third-order valence-electron chi connectivity index (χ3n) is 3.00. The van der Waals surface area contributed by atoms with Crippen molar-refractivity contribution in [3.8, 4) is 0 Å². The molecular weight excluding hydrogens is 212 g/mol. The smallest absolute Gasteiger partial charge is 0.168 e. The molecule has 17 heavy (non-hydrogen) atoms. The van der Waals surface area contributed by atoms with Crippen LogP contribution in [0.5, 0.6) is 0 Å². The summed E-state index contributed by atoms with van der Waals surface area (Å²) in [5.74, 6) is 1.07. The minimum Gasteiger partial charge on any atom is -0.381 e. The maximum absolute atomic E-state index is 5.66. The zero-order chi connectivity index (χ0) is 12.4. The fourth-order valence-corrected chi connectivity index (χ4v) is 1.70. The Hall–Kier alpha value is -1.84. The molecule has 0 aliphatic heterocycles. The van der Waals surface area contributed by atoms with Crippen LogP contribution in [0.25, 0.3) is 0 Å². The highest BCUT2D eigenvalue weighted by molar-refractivity contribution is 5.32. The lowest BCUT2D eigenvalue weighted by molar-refractivity contribution is 0.633. The summed E-state index contributed by atoms with van der Waals surface area (Å²) in [6, 6.07) is 8.59. The van der Waals surface area contributed by atoms with Crippen molar-refractivity contribution in [3.05, 3.63) is 41.1 Å². The average molecular weight is 230 g/mol. The van der Waals surface area contributed by atoms with Gasteiger partial charge in [0.15, 0.2) is 5.82 Å². The molecule has 0 unspecified atom stereocenters. The molecule has 2 N–H and O–H groups in total. The first kappa shape index (κ1) is 11.6. The lowest BCUT2D eigenvalue weighted by atomic mass is 10.0. The van der Waals surface area contributed by atoms with Crippen LogP contribution in [0.1, 0.15) is 36.6 Å². The van der Waals surface area contributed by atoms with Crippen molar-refractivity contribution >= 4 is 5.82 Å². The molecule has 0 saturated carbocycles. The molecule has 0 saturated heterocycles. The van der Waals surface area contributed by atoms with Gasteiger partial charge in [0.05, 0.1) is 12.2 Å². The zero-order valence-electron chi connectivity index (χ0n) is 10.5. The molecule has 1 aromatic heterocycles. The third-order valence-corrected chi connectivity index (χ3v) is 3.00. The molecule has 0 atom stereocenters. The number of aromatic nitrogens is 3.